The van der Waals surface area contributed by atoms with Crippen LogP contribution in [0, 0.1) is 0 Å². The van der Waals surface area contributed by atoms with Crippen LogP contribution in [0.1, 0.15) is 24.2 Å². The number of hydrogen-bond donors (Lipinski definition) is 1. The minimum atomic E-state index is 0.0382. The number of pyridine rings is 1. The molecule has 0 saturated carbocycles. The van der Waals surface area contributed by atoms with Crippen molar-refractivity contribution >= 4 is 35.1 Å². The van der Waals surface area contributed by atoms with Crippen LogP contribution in [0.3, 0.4) is 0 Å². The maximum absolute atomic E-state index is 12.5. The predicted molar refractivity (Wildman–Crippen MR) is 81.2 cm³/mol. The topological polar surface area (TPSA) is 45.2 Å². The van der Waals surface area contributed by atoms with Crippen LogP contribution in [-0.4, -0.2) is 46.4 Å². The highest BCUT2D eigenvalue weighted by atomic mass is 35.5. The Morgan fingerprint density at radius 3 is 3.11 bits per heavy atom. The maximum Gasteiger partial charge on any atom is 0.254 e. The van der Waals surface area contributed by atoms with Gasteiger partial charge in [-0.3, -0.25) is 4.79 Å². The number of aromatic nitrogens is 1. The fourth-order valence-electron chi connectivity index (χ4n) is 2.09. The van der Waals surface area contributed by atoms with Crippen LogP contribution in [0.5, 0.6) is 0 Å². The van der Waals surface area contributed by atoms with Gasteiger partial charge in [0.25, 0.3) is 5.91 Å². The summed E-state index contributed by atoms with van der Waals surface area (Å²) in [4.78, 5) is 18.6. The number of amides is 1. The molecular formula is C13H18ClN3OS. The maximum atomic E-state index is 12.5. The van der Waals surface area contributed by atoms with Crippen molar-refractivity contribution in [1.29, 1.82) is 0 Å². The first kappa shape index (κ1) is 14.5. The normalized spacial score (nSPS) is 19.3. The lowest BCUT2D eigenvalue weighted by atomic mass is 10.2. The van der Waals surface area contributed by atoms with Crippen LogP contribution in [0.15, 0.2) is 12.1 Å². The highest BCUT2D eigenvalue weighted by Crippen LogP contribution is 2.21. The number of nitrogens with zero attached hydrogens (tertiary/aromatic N) is 2. The molecule has 6 heteroatoms. The van der Waals surface area contributed by atoms with Crippen LogP contribution >= 0.6 is 23.4 Å². The Labute approximate surface area is 122 Å². The Morgan fingerprint density at radius 2 is 2.42 bits per heavy atom. The number of nitrogens with one attached hydrogen (secondary N) is 1. The van der Waals surface area contributed by atoms with Crippen LogP contribution in [-0.2, 0) is 0 Å². The molecule has 1 saturated heterocycles. The first-order valence-corrected chi connectivity index (χ1v) is 7.95. The van der Waals surface area contributed by atoms with Gasteiger partial charge in [-0.25, -0.2) is 4.98 Å². The molecule has 19 heavy (non-hydrogen) atoms. The van der Waals surface area contributed by atoms with Gasteiger partial charge in [0.1, 0.15) is 11.0 Å². The molecule has 1 aliphatic heterocycles. The summed E-state index contributed by atoms with van der Waals surface area (Å²) in [5, 5.41) is 3.44. The van der Waals surface area contributed by atoms with Gasteiger partial charge >= 0.3 is 0 Å². The van der Waals surface area contributed by atoms with Crippen molar-refractivity contribution in [3.63, 3.8) is 0 Å². The summed E-state index contributed by atoms with van der Waals surface area (Å²) in [6, 6.07) is 3.67. The van der Waals surface area contributed by atoms with E-state index in [-0.39, 0.29) is 11.9 Å². The van der Waals surface area contributed by atoms with Gasteiger partial charge in [0.05, 0.1) is 0 Å². The molecule has 1 amide bonds. The lowest BCUT2D eigenvalue weighted by Gasteiger charge is -2.33. The Hall–Kier alpha value is -0.940. The molecule has 104 valence electrons. The SMILES string of the molecule is CCNc1cc(C(=O)N2CCSCC2C)cc(Cl)n1. The number of carbonyl (C=O) groups is 1. The van der Waals surface area contributed by atoms with Gasteiger partial charge in [-0.15, -0.1) is 0 Å². The van der Waals surface area contributed by atoms with E-state index in [1.54, 1.807) is 12.1 Å². The summed E-state index contributed by atoms with van der Waals surface area (Å²) in [7, 11) is 0. The van der Waals surface area contributed by atoms with E-state index in [0.717, 1.165) is 24.6 Å². The van der Waals surface area contributed by atoms with Crippen LogP contribution in [0.4, 0.5) is 5.82 Å². The number of hydrogen-bond acceptors (Lipinski definition) is 4. The van der Waals surface area contributed by atoms with Crippen molar-refractivity contribution in [3.05, 3.63) is 22.8 Å². The summed E-state index contributed by atoms with van der Waals surface area (Å²) in [5.41, 5.74) is 0.606. The number of carbonyl (C=O) groups excluding carboxylic acids is 1. The monoisotopic (exact) mass is 299 g/mol. The molecule has 0 aromatic carbocycles. The zero-order valence-corrected chi connectivity index (χ0v) is 12.7. The minimum absolute atomic E-state index is 0.0382. The smallest absolute Gasteiger partial charge is 0.254 e. The Balaban J connectivity index is 2.22. The number of thioether (sulfide) groups is 1. The van der Waals surface area contributed by atoms with Crippen molar-refractivity contribution in [3.8, 4) is 0 Å². The van der Waals surface area contributed by atoms with Crippen molar-refractivity contribution in [2.75, 3.05) is 29.9 Å². The average Bonchev–Trinajstić information content (AvgIpc) is 2.38. The molecule has 1 N–H and O–H groups in total. The number of anilines is 1. The third-order valence-electron chi connectivity index (χ3n) is 3.03. The van der Waals surface area contributed by atoms with Crippen molar-refractivity contribution < 1.29 is 4.79 Å². The van der Waals surface area contributed by atoms with Gasteiger partial charge in [-0.2, -0.15) is 11.8 Å². The summed E-state index contributed by atoms with van der Waals surface area (Å²) in [5.74, 6) is 2.67. The molecule has 2 rings (SSSR count). The molecule has 0 bridgehead atoms. The van der Waals surface area contributed by atoms with E-state index in [9.17, 15) is 4.79 Å². The number of rotatable bonds is 3. The molecule has 1 atom stereocenters. The number of halogens is 1. The van der Waals surface area contributed by atoms with Gasteiger partial charge in [0.15, 0.2) is 0 Å². The molecular weight excluding hydrogens is 282 g/mol. The molecule has 0 spiro atoms. The van der Waals surface area contributed by atoms with Crippen molar-refractivity contribution in [2.45, 2.75) is 19.9 Å². The van der Waals surface area contributed by atoms with E-state index >= 15 is 0 Å². The first-order valence-electron chi connectivity index (χ1n) is 6.42. The molecule has 2 heterocycles. The summed E-state index contributed by atoms with van der Waals surface area (Å²) in [6.07, 6.45) is 0. The molecule has 0 radical (unpaired) electrons. The van der Waals surface area contributed by atoms with Gasteiger partial charge < -0.3 is 10.2 Å². The molecule has 1 unspecified atom stereocenters. The Bertz CT molecular complexity index is 469. The minimum Gasteiger partial charge on any atom is -0.370 e. The third kappa shape index (κ3) is 3.54. The zero-order chi connectivity index (χ0) is 13.8. The molecule has 1 aromatic heterocycles. The second-order valence-corrected chi connectivity index (χ2v) is 6.05. The van der Waals surface area contributed by atoms with Crippen LogP contribution in [0.25, 0.3) is 0 Å². The van der Waals surface area contributed by atoms with E-state index in [1.165, 1.54) is 0 Å². The summed E-state index contributed by atoms with van der Waals surface area (Å²) >= 11 is 7.87. The average molecular weight is 300 g/mol. The van der Waals surface area contributed by atoms with Gasteiger partial charge in [-0.1, -0.05) is 11.6 Å². The van der Waals surface area contributed by atoms with E-state index in [4.69, 9.17) is 11.6 Å². The second-order valence-electron chi connectivity index (χ2n) is 4.52. The van der Waals surface area contributed by atoms with E-state index in [1.807, 2.05) is 23.6 Å². The van der Waals surface area contributed by atoms with Crippen LogP contribution in [0.2, 0.25) is 5.15 Å². The third-order valence-corrected chi connectivity index (χ3v) is 4.41. The fourth-order valence-corrected chi connectivity index (χ4v) is 3.31. The lowest BCUT2D eigenvalue weighted by Crippen LogP contribution is -2.44. The van der Waals surface area contributed by atoms with E-state index in [0.29, 0.717) is 16.5 Å². The first-order chi connectivity index (χ1) is 9.11. The Morgan fingerprint density at radius 1 is 1.63 bits per heavy atom. The summed E-state index contributed by atoms with van der Waals surface area (Å²) < 4.78 is 0. The quantitative estimate of drug-likeness (QED) is 0.872. The Kier molecular flexibility index (Phi) is 4.93. The fraction of sp³-hybridized carbons (Fsp3) is 0.538. The molecule has 1 aliphatic rings. The van der Waals surface area contributed by atoms with Crippen LogP contribution < -0.4 is 5.32 Å². The van der Waals surface area contributed by atoms with E-state index < -0.39 is 0 Å². The zero-order valence-electron chi connectivity index (χ0n) is 11.1. The van der Waals surface area contributed by atoms with Gasteiger partial charge in [-0.05, 0) is 26.0 Å². The van der Waals surface area contributed by atoms with Crippen molar-refractivity contribution in [1.82, 2.24) is 9.88 Å². The largest absolute Gasteiger partial charge is 0.370 e. The van der Waals surface area contributed by atoms with E-state index in [2.05, 4.69) is 17.2 Å². The molecule has 0 aliphatic carbocycles. The molecule has 4 nitrogen and oxygen atoms in total. The molecule has 1 aromatic rings. The highest BCUT2D eigenvalue weighted by molar-refractivity contribution is 7.99. The predicted octanol–water partition coefficient (Wildman–Crippen LogP) is 2.74. The molecule has 1 fully saturated rings. The van der Waals surface area contributed by atoms with Gasteiger partial charge in [0.2, 0.25) is 0 Å². The second kappa shape index (κ2) is 6.48. The van der Waals surface area contributed by atoms with Crippen molar-refractivity contribution in [2.24, 2.45) is 0 Å². The lowest BCUT2D eigenvalue weighted by molar-refractivity contribution is 0.0716. The van der Waals surface area contributed by atoms with Gasteiger partial charge in [0, 0.05) is 36.2 Å². The standard InChI is InChI=1S/C13H18ClN3OS/c1-3-15-12-7-10(6-11(14)16-12)13(18)17-4-5-19-8-9(17)2/h6-7,9H,3-5,8H2,1-2H3,(H,15,16). The highest BCUT2D eigenvalue weighted by Gasteiger charge is 2.25. The summed E-state index contributed by atoms with van der Waals surface area (Å²) in [6.45, 7) is 5.60.